The van der Waals surface area contributed by atoms with Crippen LogP contribution in [0.5, 0.6) is 0 Å². The molecule has 0 radical (unpaired) electrons. The fourth-order valence-corrected chi connectivity index (χ4v) is 3.46. The largest absolute Gasteiger partial charge is 0.459 e. The summed E-state index contributed by atoms with van der Waals surface area (Å²) in [5.41, 5.74) is 6.55. The average molecular weight is 502 g/mol. The summed E-state index contributed by atoms with van der Waals surface area (Å²) in [6.07, 6.45) is -4.11. The summed E-state index contributed by atoms with van der Waals surface area (Å²) < 4.78 is 9.98. The molecule has 2 rings (SSSR count). The smallest absolute Gasteiger partial charge is 0.404 e. The summed E-state index contributed by atoms with van der Waals surface area (Å²) in [7, 11) is 0. The summed E-state index contributed by atoms with van der Waals surface area (Å²) in [6, 6.07) is 15.9. The van der Waals surface area contributed by atoms with E-state index in [2.05, 4.69) is 15.4 Å². The van der Waals surface area contributed by atoms with Crippen LogP contribution in [0.15, 0.2) is 60.7 Å². The van der Waals surface area contributed by atoms with Crippen molar-refractivity contribution in [3.63, 3.8) is 0 Å². The van der Waals surface area contributed by atoms with Crippen molar-refractivity contribution in [1.82, 2.24) is 10.6 Å². The van der Waals surface area contributed by atoms with E-state index in [-0.39, 0.29) is 19.1 Å². The van der Waals surface area contributed by atoms with Crippen molar-refractivity contribution in [2.45, 2.75) is 57.7 Å². The summed E-state index contributed by atoms with van der Waals surface area (Å²) >= 11 is 0. The van der Waals surface area contributed by atoms with Crippen LogP contribution in [0.25, 0.3) is 0 Å². The van der Waals surface area contributed by atoms with Gasteiger partial charge in [-0.3, -0.25) is 10.1 Å². The van der Waals surface area contributed by atoms with E-state index in [1.807, 2.05) is 74.5 Å². The van der Waals surface area contributed by atoms with Gasteiger partial charge < -0.3 is 30.7 Å². The molecule has 0 spiro atoms. The summed E-state index contributed by atoms with van der Waals surface area (Å²) in [5, 5.41) is 26.5. The van der Waals surface area contributed by atoms with Gasteiger partial charge in [-0.15, -0.1) is 0 Å². The highest BCUT2D eigenvalue weighted by molar-refractivity contribution is 5.88. The molecule has 196 valence electrons. The Hall–Kier alpha value is -3.47. The molecule has 0 aliphatic heterocycles. The quantitative estimate of drug-likeness (QED) is 0.242. The molecule has 0 unspecified atom stereocenters. The summed E-state index contributed by atoms with van der Waals surface area (Å²) in [6.45, 7) is 3.42. The molecule has 0 bridgehead atoms. The number of hydrogen-bond donors (Lipinski definition) is 5. The highest BCUT2D eigenvalue weighted by Gasteiger charge is 2.35. The third-order valence-corrected chi connectivity index (χ3v) is 5.32. The number of esters is 1. The standard InChI is InChI=1S/C26H35N3O7/c1-17(2)13-20(25(33)35-15-19-11-7-4-8-12-19)29-24(32)22(23(31)21(30)16-36-26(27)34)28-14-18-9-5-3-6-10-18/h3-12,17,20-23,28,30-31H,13-16H2,1-2H3,(H2,27,34)(H,29,32)/t20-,21-,22-,23+/m0/s1. The van der Waals surface area contributed by atoms with Crippen LogP contribution in [0, 0.1) is 5.92 Å². The van der Waals surface area contributed by atoms with Gasteiger partial charge in [-0.1, -0.05) is 74.5 Å². The highest BCUT2D eigenvalue weighted by atomic mass is 16.6. The molecule has 2 aromatic carbocycles. The molecule has 0 aromatic heterocycles. The second kappa shape index (κ2) is 14.8. The molecule has 10 heteroatoms. The maximum atomic E-state index is 13.2. The van der Waals surface area contributed by atoms with Crippen LogP contribution >= 0.6 is 0 Å². The Balaban J connectivity index is 2.13. The van der Waals surface area contributed by atoms with Gasteiger partial charge in [-0.05, 0) is 23.5 Å². The third-order valence-electron chi connectivity index (χ3n) is 5.32. The number of rotatable bonds is 14. The number of primary amides is 1. The van der Waals surface area contributed by atoms with Crippen molar-refractivity contribution in [2.75, 3.05) is 6.61 Å². The third kappa shape index (κ3) is 10.0. The van der Waals surface area contributed by atoms with Gasteiger partial charge in [0.15, 0.2) is 0 Å². The molecule has 0 heterocycles. The van der Waals surface area contributed by atoms with Gasteiger partial charge in [0, 0.05) is 6.54 Å². The number of carbonyl (C=O) groups excluding carboxylic acids is 3. The maximum absolute atomic E-state index is 13.2. The molecule has 2 aromatic rings. The van der Waals surface area contributed by atoms with E-state index in [4.69, 9.17) is 10.5 Å². The number of aliphatic hydroxyl groups is 2. The zero-order valence-electron chi connectivity index (χ0n) is 20.5. The summed E-state index contributed by atoms with van der Waals surface area (Å²) in [5.74, 6) is -1.29. The maximum Gasteiger partial charge on any atom is 0.404 e. The lowest BCUT2D eigenvalue weighted by molar-refractivity contribution is -0.150. The Morgan fingerprint density at radius 3 is 2.06 bits per heavy atom. The highest BCUT2D eigenvalue weighted by Crippen LogP contribution is 2.11. The zero-order valence-corrected chi connectivity index (χ0v) is 20.5. The molecule has 0 aliphatic rings. The van der Waals surface area contributed by atoms with E-state index < -0.39 is 48.9 Å². The van der Waals surface area contributed by atoms with Gasteiger partial charge in [0.05, 0.1) is 0 Å². The number of nitrogens with one attached hydrogen (secondary N) is 2. The van der Waals surface area contributed by atoms with Crippen molar-refractivity contribution >= 4 is 18.0 Å². The fourth-order valence-electron chi connectivity index (χ4n) is 3.46. The number of ether oxygens (including phenoxy) is 2. The van der Waals surface area contributed by atoms with Gasteiger partial charge in [-0.2, -0.15) is 0 Å². The van der Waals surface area contributed by atoms with E-state index in [1.54, 1.807) is 0 Å². The van der Waals surface area contributed by atoms with E-state index in [9.17, 15) is 24.6 Å². The van der Waals surface area contributed by atoms with Crippen LogP contribution in [0.3, 0.4) is 0 Å². The van der Waals surface area contributed by atoms with Gasteiger partial charge in [0.1, 0.15) is 37.5 Å². The summed E-state index contributed by atoms with van der Waals surface area (Å²) in [4.78, 5) is 37.0. The Bertz CT molecular complexity index is 957. The average Bonchev–Trinajstić information content (AvgIpc) is 2.86. The molecule has 36 heavy (non-hydrogen) atoms. The van der Waals surface area contributed by atoms with Crippen LogP contribution < -0.4 is 16.4 Å². The Morgan fingerprint density at radius 1 is 0.917 bits per heavy atom. The van der Waals surface area contributed by atoms with Crippen molar-refractivity contribution < 1.29 is 34.1 Å². The second-order valence-electron chi connectivity index (χ2n) is 8.82. The van der Waals surface area contributed by atoms with Crippen molar-refractivity contribution in [3.05, 3.63) is 71.8 Å². The van der Waals surface area contributed by atoms with Crippen LogP contribution in [0.2, 0.25) is 0 Å². The topological polar surface area (TPSA) is 160 Å². The van der Waals surface area contributed by atoms with Crippen LogP contribution in [-0.2, 0) is 32.2 Å². The predicted octanol–water partition coefficient (Wildman–Crippen LogP) is 1.24. The fraction of sp³-hybridized carbons (Fsp3) is 0.423. The lowest BCUT2D eigenvalue weighted by Gasteiger charge is -2.29. The molecule has 4 atom stereocenters. The lowest BCUT2D eigenvalue weighted by Crippen LogP contribution is -2.58. The molecule has 0 saturated heterocycles. The Morgan fingerprint density at radius 2 is 1.50 bits per heavy atom. The zero-order chi connectivity index (χ0) is 26.5. The van der Waals surface area contributed by atoms with Gasteiger partial charge >= 0.3 is 12.1 Å². The first kappa shape index (κ1) is 28.8. The minimum Gasteiger partial charge on any atom is -0.459 e. The van der Waals surface area contributed by atoms with Crippen LogP contribution in [0.1, 0.15) is 31.4 Å². The van der Waals surface area contributed by atoms with Crippen LogP contribution in [0.4, 0.5) is 4.79 Å². The first-order valence-corrected chi connectivity index (χ1v) is 11.7. The van der Waals surface area contributed by atoms with Gasteiger partial charge in [0.25, 0.3) is 0 Å². The predicted molar refractivity (Wildman–Crippen MR) is 132 cm³/mol. The Labute approximate surface area is 210 Å². The normalized spacial score (nSPS) is 14.4. The van der Waals surface area contributed by atoms with Gasteiger partial charge in [0.2, 0.25) is 5.91 Å². The van der Waals surface area contributed by atoms with E-state index in [0.717, 1.165) is 11.1 Å². The molecular weight excluding hydrogens is 466 g/mol. The number of amides is 2. The number of benzene rings is 2. The SMILES string of the molecule is CC(C)C[C@H](NC(=O)[C@@H](NCc1ccccc1)[C@H](O)[C@@H](O)COC(N)=O)C(=O)OCc1ccccc1. The minimum atomic E-state index is -1.67. The number of nitrogens with two attached hydrogens (primary N) is 1. The molecule has 10 nitrogen and oxygen atoms in total. The number of aliphatic hydroxyl groups excluding tert-OH is 2. The minimum absolute atomic E-state index is 0.0472. The van der Waals surface area contributed by atoms with E-state index in [0.29, 0.717) is 6.42 Å². The molecular formula is C26H35N3O7. The molecule has 0 aliphatic carbocycles. The van der Waals surface area contributed by atoms with E-state index in [1.165, 1.54) is 0 Å². The van der Waals surface area contributed by atoms with Crippen molar-refractivity contribution in [2.24, 2.45) is 11.7 Å². The van der Waals surface area contributed by atoms with Crippen LogP contribution in [-0.4, -0.2) is 59.1 Å². The number of hydrogen-bond acceptors (Lipinski definition) is 8. The second-order valence-corrected chi connectivity index (χ2v) is 8.82. The van der Waals surface area contributed by atoms with Gasteiger partial charge in [-0.25, -0.2) is 9.59 Å². The number of carbonyl (C=O) groups is 3. The Kier molecular flexibility index (Phi) is 11.8. The van der Waals surface area contributed by atoms with Crippen molar-refractivity contribution in [3.8, 4) is 0 Å². The monoisotopic (exact) mass is 501 g/mol. The first-order chi connectivity index (χ1) is 17.2. The lowest BCUT2D eigenvalue weighted by atomic mass is 10.0. The van der Waals surface area contributed by atoms with Crippen molar-refractivity contribution in [1.29, 1.82) is 0 Å². The first-order valence-electron chi connectivity index (χ1n) is 11.7. The molecule has 0 saturated carbocycles. The molecule has 0 fully saturated rings. The van der Waals surface area contributed by atoms with E-state index >= 15 is 0 Å². The molecule has 2 amide bonds. The molecule has 6 N–H and O–H groups in total.